The Morgan fingerprint density at radius 3 is 2.70 bits per heavy atom. The summed E-state index contributed by atoms with van der Waals surface area (Å²) in [5.41, 5.74) is 1.01. The number of alkyl halides is 1. The number of nitrogens with zero attached hydrogens (tertiary/aromatic N) is 1. The van der Waals surface area contributed by atoms with Crippen LogP contribution in [0.3, 0.4) is 0 Å². The zero-order valence-corrected chi connectivity index (χ0v) is 13.0. The van der Waals surface area contributed by atoms with Crippen molar-refractivity contribution in [3.63, 3.8) is 0 Å². The van der Waals surface area contributed by atoms with Gasteiger partial charge in [0.2, 0.25) is 5.09 Å². The zero-order chi connectivity index (χ0) is 14.2. The van der Waals surface area contributed by atoms with Crippen LogP contribution in [0.4, 0.5) is 0 Å². The molecule has 0 spiro atoms. The molecule has 20 heavy (non-hydrogen) atoms. The van der Waals surface area contributed by atoms with Crippen molar-refractivity contribution in [1.82, 2.24) is 4.31 Å². The van der Waals surface area contributed by atoms with Gasteiger partial charge in [0, 0.05) is 12.6 Å². The van der Waals surface area contributed by atoms with E-state index in [1.807, 2.05) is 16.8 Å². The van der Waals surface area contributed by atoms with Crippen LogP contribution in [0.5, 0.6) is 0 Å². The third kappa shape index (κ3) is 2.79. The molecule has 2 aromatic rings. The summed E-state index contributed by atoms with van der Waals surface area (Å²) in [7, 11) is -3.59. The SMILES string of the molecule is O=S(=O)(c1ccc(CCl)o1)N(Cc1ccsc1)C1CC1. The average Bonchev–Trinajstić information content (AvgIpc) is 2.96. The number of furan rings is 1. The molecule has 7 heteroatoms. The average molecular weight is 332 g/mol. The maximum absolute atomic E-state index is 12.7. The van der Waals surface area contributed by atoms with Crippen molar-refractivity contribution in [2.45, 2.75) is 36.4 Å². The molecule has 0 aromatic carbocycles. The number of halogens is 1. The van der Waals surface area contributed by atoms with Crippen molar-refractivity contribution in [1.29, 1.82) is 0 Å². The molecule has 1 saturated carbocycles. The zero-order valence-electron chi connectivity index (χ0n) is 10.7. The minimum Gasteiger partial charge on any atom is -0.447 e. The van der Waals surface area contributed by atoms with Gasteiger partial charge >= 0.3 is 0 Å². The van der Waals surface area contributed by atoms with E-state index in [-0.39, 0.29) is 17.0 Å². The van der Waals surface area contributed by atoms with Crippen molar-refractivity contribution < 1.29 is 12.8 Å². The van der Waals surface area contributed by atoms with Crippen LogP contribution >= 0.6 is 22.9 Å². The van der Waals surface area contributed by atoms with Crippen LogP contribution in [0.15, 0.2) is 38.5 Å². The molecular weight excluding hydrogens is 318 g/mol. The molecule has 2 aromatic heterocycles. The smallest absolute Gasteiger partial charge is 0.277 e. The summed E-state index contributed by atoms with van der Waals surface area (Å²) < 4.78 is 32.2. The molecule has 0 N–H and O–H groups in total. The molecule has 1 fully saturated rings. The first-order valence-electron chi connectivity index (χ1n) is 6.29. The van der Waals surface area contributed by atoms with Gasteiger partial charge in [0.1, 0.15) is 5.76 Å². The lowest BCUT2D eigenvalue weighted by molar-refractivity contribution is 0.362. The summed E-state index contributed by atoms with van der Waals surface area (Å²) >= 11 is 7.22. The second kappa shape index (κ2) is 5.52. The quantitative estimate of drug-likeness (QED) is 0.762. The Balaban J connectivity index is 1.89. The van der Waals surface area contributed by atoms with Crippen molar-refractivity contribution in [3.8, 4) is 0 Å². The van der Waals surface area contributed by atoms with E-state index in [1.54, 1.807) is 17.4 Å². The first-order chi connectivity index (χ1) is 9.61. The highest BCUT2D eigenvalue weighted by molar-refractivity contribution is 7.89. The van der Waals surface area contributed by atoms with Crippen molar-refractivity contribution in [3.05, 3.63) is 40.3 Å². The molecule has 0 unspecified atom stereocenters. The van der Waals surface area contributed by atoms with Crippen LogP contribution in [0.25, 0.3) is 0 Å². The predicted molar refractivity (Wildman–Crippen MR) is 78.3 cm³/mol. The fourth-order valence-corrected chi connectivity index (χ4v) is 4.43. The van der Waals surface area contributed by atoms with Crippen LogP contribution in [0.1, 0.15) is 24.2 Å². The van der Waals surface area contributed by atoms with E-state index < -0.39 is 10.0 Å². The molecule has 0 radical (unpaired) electrons. The second-order valence-corrected chi connectivity index (χ2v) is 7.64. The molecule has 0 atom stereocenters. The van der Waals surface area contributed by atoms with Gasteiger partial charge in [-0.25, -0.2) is 8.42 Å². The summed E-state index contributed by atoms with van der Waals surface area (Å²) in [5.74, 6) is 0.639. The monoisotopic (exact) mass is 331 g/mol. The van der Waals surface area contributed by atoms with Gasteiger partial charge in [-0.1, -0.05) is 0 Å². The maximum Gasteiger partial charge on any atom is 0.277 e. The summed E-state index contributed by atoms with van der Waals surface area (Å²) in [6.07, 6.45) is 1.82. The molecule has 0 saturated heterocycles. The Bertz CT molecular complexity index is 674. The Morgan fingerprint density at radius 2 is 2.15 bits per heavy atom. The lowest BCUT2D eigenvalue weighted by atomic mass is 10.3. The third-order valence-electron chi connectivity index (χ3n) is 3.20. The maximum atomic E-state index is 12.7. The molecule has 3 rings (SSSR count). The van der Waals surface area contributed by atoms with Gasteiger partial charge in [-0.3, -0.25) is 0 Å². The molecular formula is C13H14ClNO3S2. The standard InChI is InChI=1S/C13H14ClNO3S2/c14-7-12-3-4-13(18-12)20(16,17)15(11-1-2-11)8-10-5-6-19-9-10/h3-6,9,11H,1-2,7-8H2. The number of thiophene rings is 1. The van der Waals surface area contributed by atoms with Gasteiger partial charge in [0.25, 0.3) is 10.0 Å². The van der Waals surface area contributed by atoms with Gasteiger partial charge in [0.15, 0.2) is 0 Å². The Kier molecular flexibility index (Phi) is 3.90. The fourth-order valence-electron chi connectivity index (χ4n) is 2.02. The molecule has 2 heterocycles. The van der Waals surface area contributed by atoms with Crippen molar-refractivity contribution >= 4 is 33.0 Å². The van der Waals surface area contributed by atoms with E-state index in [2.05, 4.69) is 0 Å². The second-order valence-electron chi connectivity index (χ2n) is 4.77. The molecule has 0 aliphatic heterocycles. The Morgan fingerprint density at radius 1 is 1.35 bits per heavy atom. The van der Waals surface area contributed by atoms with Crippen LogP contribution < -0.4 is 0 Å². The van der Waals surface area contributed by atoms with Crippen LogP contribution in [0, 0.1) is 0 Å². The van der Waals surface area contributed by atoms with Crippen molar-refractivity contribution in [2.24, 2.45) is 0 Å². The van der Waals surface area contributed by atoms with Gasteiger partial charge in [-0.15, -0.1) is 11.6 Å². The minimum atomic E-state index is -3.59. The highest BCUT2D eigenvalue weighted by Gasteiger charge is 2.39. The number of rotatable bonds is 6. The molecule has 0 bridgehead atoms. The fraction of sp³-hybridized carbons (Fsp3) is 0.385. The van der Waals surface area contributed by atoms with Gasteiger partial charge in [0.05, 0.1) is 5.88 Å². The summed E-state index contributed by atoms with van der Waals surface area (Å²) in [6.45, 7) is 0.396. The number of hydrogen-bond acceptors (Lipinski definition) is 4. The van der Waals surface area contributed by atoms with E-state index in [1.165, 1.54) is 10.4 Å². The molecule has 1 aliphatic carbocycles. The largest absolute Gasteiger partial charge is 0.447 e. The summed E-state index contributed by atoms with van der Waals surface area (Å²) in [6, 6.07) is 5.12. The van der Waals surface area contributed by atoms with Crippen LogP contribution in [0.2, 0.25) is 0 Å². The molecule has 0 amide bonds. The first-order valence-corrected chi connectivity index (χ1v) is 9.20. The predicted octanol–water partition coefficient (Wildman–Crippen LogP) is 3.43. The van der Waals surface area contributed by atoms with Crippen LogP contribution in [-0.4, -0.2) is 18.8 Å². The summed E-state index contributed by atoms with van der Waals surface area (Å²) in [4.78, 5) is 0. The Hall–Kier alpha value is -0.820. The topological polar surface area (TPSA) is 50.5 Å². The number of sulfonamides is 1. The van der Waals surface area contributed by atoms with Crippen molar-refractivity contribution in [2.75, 3.05) is 0 Å². The molecule has 1 aliphatic rings. The van der Waals surface area contributed by atoms with E-state index in [0.29, 0.717) is 12.3 Å². The Labute approximate surface area is 127 Å². The van der Waals surface area contributed by atoms with Gasteiger partial charge in [-0.05, 0) is 47.4 Å². The molecule has 108 valence electrons. The highest BCUT2D eigenvalue weighted by Crippen LogP contribution is 2.34. The third-order valence-corrected chi connectivity index (χ3v) is 5.97. The number of hydrogen-bond donors (Lipinski definition) is 0. The lowest BCUT2D eigenvalue weighted by Gasteiger charge is -2.19. The lowest BCUT2D eigenvalue weighted by Crippen LogP contribution is -2.32. The van der Waals surface area contributed by atoms with E-state index >= 15 is 0 Å². The first kappa shape index (κ1) is 14.1. The van der Waals surface area contributed by atoms with E-state index in [9.17, 15) is 8.42 Å². The van der Waals surface area contributed by atoms with E-state index in [4.69, 9.17) is 16.0 Å². The highest BCUT2D eigenvalue weighted by atomic mass is 35.5. The summed E-state index contributed by atoms with van der Waals surface area (Å²) in [5, 5.41) is 3.90. The van der Waals surface area contributed by atoms with E-state index in [0.717, 1.165) is 18.4 Å². The normalized spacial score (nSPS) is 15.9. The van der Waals surface area contributed by atoms with Crippen LogP contribution in [-0.2, 0) is 22.4 Å². The van der Waals surface area contributed by atoms with Gasteiger partial charge in [-0.2, -0.15) is 15.6 Å². The van der Waals surface area contributed by atoms with Gasteiger partial charge < -0.3 is 4.42 Å². The minimum absolute atomic E-state index is 0.0183. The molecule has 4 nitrogen and oxygen atoms in total.